The maximum absolute atomic E-state index is 11.7. The Hall–Kier alpha value is -0.670. The number of hydrogen-bond donors (Lipinski definition) is 1. The first-order valence-corrected chi connectivity index (χ1v) is 8.64. The second kappa shape index (κ2) is 3.80. The molecule has 3 saturated carbocycles. The number of hydrogen-bond acceptors (Lipinski definition) is 3. The van der Waals surface area contributed by atoms with Crippen molar-refractivity contribution < 1.29 is 14.6 Å². The molecule has 3 heteroatoms. The predicted molar refractivity (Wildman–Crippen MR) is 77.6 cm³/mol. The summed E-state index contributed by atoms with van der Waals surface area (Å²) in [6.07, 6.45) is 9.54. The third-order valence-electron chi connectivity index (χ3n) is 7.60. The standard InChI is InChI=1S/C18H24O3/c1-17-6-5-13-12(14(17)9-15-16(17)21-15)3-2-10-8-11(19)4-7-18(10,13)20/h8,12-16,20H,2-7,9H2,1H3/t12-,13+,14+,15-,16-,17+,18+/m1/s1. The van der Waals surface area contributed by atoms with Crippen molar-refractivity contribution in [3.8, 4) is 0 Å². The Morgan fingerprint density at radius 2 is 2.10 bits per heavy atom. The van der Waals surface area contributed by atoms with Gasteiger partial charge >= 0.3 is 0 Å². The van der Waals surface area contributed by atoms with E-state index in [1.54, 1.807) is 6.08 Å². The Morgan fingerprint density at radius 3 is 2.95 bits per heavy atom. The van der Waals surface area contributed by atoms with Crippen molar-refractivity contribution in [1.82, 2.24) is 0 Å². The molecule has 0 unspecified atom stereocenters. The van der Waals surface area contributed by atoms with Crippen LogP contribution < -0.4 is 0 Å². The fourth-order valence-corrected chi connectivity index (χ4v) is 6.48. The average molecular weight is 288 g/mol. The van der Waals surface area contributed by atoms with Gasteiger partial charge in [-0.1, -0.05) is 6.92 Å². The van der Waals surface area contributed by atoms with Crippen LogP contribution in [0.25, 0.3) is 0 Å². The van der Waals surface area contributed by atoms with Crippen molar-refractivity contribution in [2.75, 3.05) is 0 Å². The molecule has 0 aromatic rings. The average Bonchev–Trinajstić information content (AvgIpc) is 3.17. The Bertz CT molecular complexity index is 553. The van der Waals surface area contributed by atoms with Crippen LogP contribution in [0.15, 0.2) is 11.6 Å². The molecule has 0 aromatic heterocycles. The Labute approximate surface area is 125 Å². The topological polar surface area (TPSA) is 49.8 Å². The van der Waals surface area contributed by atoms with E-state index in [2.05, 4.69) is 6.92 Å². The molecule has 5 aliphatic rings. The van der Waals surface area contributed by atoms with Gasteiger partial charge in [0, 0.05) is 6.42 Å². The van der Waals surface area contributed by atoms with E-state index in [4.69, 9.17) is 4.74 Å². The maximum Gasteiger partial charge on any atom is 0.155 e. The molecule has 4 fully saturated rings. The number of ketones is 1. The van der Waals surface area contributed by atoms with Crippen molar-refractivity contribution in [3.05, 3.63) is 11.6 Å². The minimum absolute atomic E-state index is 0.212. The van der Waals surface area contributed by atoms with Crippen LogP contribution in [0, 0.1) is 23.2 Å². The van der Waals surface area contributed by atoms with Crippen LogP contribution in [-0.2, 0) is 9.53 Å². The molecular formula is C18H24O3. The van der Waals surface area contributed by atoms with Gasteiger partial charge in [0.1, 0.15) is 0 Å². The Morgan fingerprint density at radius 1 is 1.24 bits per heavy atom. The van der Waals surface area contributed by atoms with Crippen LogP contribution in [0.1, 0.15) is 51.9 Å². The number of rotatable bonds is 0. The number of ether oxygens (including phenoxy) is 1. The molecule has 0 spiro atoms. The van der Waals surface area contributed by atoms with E-state index in [-0.39, 0.29) is 5.78 Å². The lowest BCUT2D eigenvalue weighted by Gasteiger charge is -2.56. The van der Waals surface area contributed by atoms with Crippen LogP contribution in [0.2, 0.25) is 0 Å². The smallest absolute Gasteiger partial charge is 0.155 e. The van der Waals surface area contributed by atoms with Crippen LogP contribution in [0.4, 0.5) is 0 Å². The first-order chi connectivity index (χ1) is 10.0. The molecule has 5 rings (SSSR count). The van der Waals surface area contributed by atoms with Gasteiger partial charge in [0.15, 0.2) is 5.78 Å². The largest absolute Gasteiger partial charge is 0.385 e. The van der Waals surface area contributed by atoms with Crippen molar-refractivity contribution in [1.29, 1.82) is 0 Å². The van der Waals surface area contributed by atoms with Crippen molar-refractivity contribution >= 4 is 5.78 Å². The SMILES string of the molecule is C[C@]12CC[C@H]3[C@@H](CCC4=CC(=O)CC[C@]43O)[C@@H]1C[C@H]1O[C@H]12. The van der Waals surface area contributed by atoms with Gasteiger partial charge in [-0.15, -0.1) is 0 Å². The molecule has 1 N–H and O–H groups in total. The van der Waals surface area contributed by atoms with Gasteiger partial charge in [-0.3, -0.25) is 4.79 Å². The molecular weight excluding hydrogens is 264 g/mol. The highest BCUT2D eigenvalue weighted by atomic mass is 16.6. The first-order valence-electron chi connectivity index (χ1n) is 8.64. The molecule has 0 amide bonds. The fourth-order valence-electron chi connectivity index (χ4n) is 6.48. The van der Waals surface area contributed by atoms with Gasteiger partial charge < -0.3 is 9.84 Å². The summed E-state index contributed by atoms with van der Waals surface area (Å²) in [6, 6.07) is 0. The Balaban J connectivity index is 1.51. The predicted octanol–water partition coefficient (Wildman–Crippen LogP) is 2.62. The fraction of sp³-hybridized carbons (Fsp3) is 0.833. The summed E-state index contributed by atoms with van der Waals surface area (Å²) in [4.78, 5) is 11.7. The van der Waals surface area contributed by atoms with Crippen LogP contribution in [0.3, 0.4) is 0 Å². The van der Waals surface area contributed by atoms with E-state index < -0.39 is 5.60 Å². The van der Waals surface area contributed by atoms with Gasteiger partial charge in [-0.25, -0.2) is 0 Å². The van der Waals surface area contributed by atoms with Gasteiger partial charge in [-0.2, -0.15) is 0 Å². The lowest BCUT2D eigenvalue weighted by atomic mass is 9.50. The maximum atomic E-state index is 11.7. The minimum Gasteiger partial charge on any atom is -0.385 e. The molecule has 114 valence electrons. The highest BCUT2D eigenvalue weighted by molar-refractivity contribution is 5.92. The summed E-state index contributed by atoms with van der Waals surface area (Å²) in [6.45, 7) is 2.42. The third-order valence-corrected chi connectivity index (χ3v) is 7.60. The molecule has 21 heavy (non-hydrogen) atoms. The molecule has 0 radical (unpaired) electrons. The molecule has 1 heterocycles. The number of aliphatic hydroxyl groups is 1. The quantitative estimate of drug-likeness (QED) is 0.697. The van der Waals surface area contributed by atoms with E-state index in [1.165, 1.54) is 12.8 Å². The van der Waals surface area contributed by atoms with E-state index in [0.717, 1.165) is 30.8 Å². The second-order valence-corrected chi connectivity index (χ2v) is 8.35. The zero-order chi connectivity index (χ0) is 14.4. The Kier molecular flexibility index (Phi) is 2.32. The van der Waals surface area contributed by atoms with Crippen molar-refractivity contribution in [3.63, 3.8) is 0 Å². The zero-order valence-corrected chi connectivity index (χ0v) is 12.7. The van der Waals surface area contributed by atoms with E-state index in [9.17, 15) is 9.90 Å². The minimum atomic E-state index is -0.675. The van der Waals surface area contributed by atoms with Crippen LogP contribution in [-0.4, -0.2) is 28.7 Å². The first kappa shape index (κ1) is 12.8. The molecule has 1 aliphatic heterocycles. The van der Waals surface area contributed by atoms with Crippen LogP contribution in [0.5, 0.6) is 0 Å². The summed E-state index contributed by atoms with van der Waals surface area (Å²) in [7, 11) is 0. The lowest BCUT2D eigenvalue weighted by molar-refractivity contribution is -0.128. The summed E-state index contributed by atoms with van der Waals surface area (Å²) in [5.74, 6) is 1.95. The monoisotopic (exact) mass is 288 g/mol. The molecule has 1 saturated heterocycles. The normalized spacial score (nSPS) is 57.7. The summed E-state index contributed by atoms with van der Waals surface area (Å²) >= 11 is 0. The van der Waals surface area contributed by atoms with Crippen molar-refractivity contribution in [2.45, 2.75) is 69.7 Å². The van der Waals surface area contributed by atoms with E-state index >= 15 is 0 Å². The highest BCUT2D eigenvalue weighted by Gasteiger charge is 2.68. The summed E-state index contributed by atoms with van der Waals surface area (Å²) < 4.78 is 5.83. The molecule has 0 aromatic carbocycles. The number of fused-ring (bicyclic) bond motifs is 7. The summed E-state index contributed by atoms with van der Waals surface area (Å²) in [5, 5.41) is 11.3. The molecule has 4 aliphatic carbocycles. The van der Waals surface area contributed by atoms with Gasteiger partial charge in [0.05, 0.1) is 17.8 Å². The highest BCUT2D eigenvalue weighted by Crippen LogP contribution is 2.67. The molecule has 0 bridgehead atoms. The van der Waals surface area contributed by atoms with Crippen molar-refractivity contribution in [2.24, 2.45) is 23.2 Å². The molecule has 7 atom stereocenters. The summed E-state index contributed by atoms with van der Waals surface area (Å²) in [5.41, 5.74) is 0.725. The number of carbonyl (C=O) groups excluding carboxylic acids is 1. The van der Waals surface area contributed by atoms with Gasteiger partial charge in [0.2, 0.25) is 0 Å². The van der Waals surface area contributed by atoms with Crippen LogP contribution >= 0.6 is 0 Å². The second-order valence-electron chi connectivity index (χ2n) is 8.35. The lowest BCUT2D eigenvalue weighted by Crippen LogP contribution is -2.55. The number of epoxide rings is 1. The van der Waals surface area contributed by atoms with E-state index in [0.29, 0.717) is 42.3 Å². The molecule has 3 nitrogen and oxygen atoms in total. The van der Waals surface area contributed by atoms with E-state index in [1.807, 2.05) is 0 Å². The number of carbonyl (C=O) groups is 1. The third kappa shape index (κ3) is 1.49. The van der Waals surface area contributed by atoms with Gasteiger partial charge in [0.25, 0.3) is 0 Å². The van der Waals surface area contributed by atoms with Gasteiger partial charge in [-0.05, 0) is 73.3 Å². The zero-order valence-electron chi connectivity index (χ0n) is 12.7.